The van der Waals surface area contributed by atoms with Gasteiger partial charge in [-0.2, -0.15) is 0 Å². The molecule has 2 heterocycles. The van der Waals surface area contributed by atoms with Crippen LogP contribution in [0, 0.1) is 0 Å². The zero-order valence-corrected chi connectivity index (χ0v) is 11.3. The van der Waals surface area contributed by atoms with Crippen LogP contribution in [0.5, 0.6) is 0 Å². The van der Waals surface area contributed by atoms with Crippen LogP contribution in [0.3, 0.4) is 0 Å². The van der Waals surface area contributed by atoms with Crippen LogP contribution in [-0.2, 0) is 0 Å². The van der Waals surface area contributed by atoms with Crippen LogP contribution in [0.15, 0.2) is 30.6 Å². The van der Waals surface area contributed by atoms with Gasteiger partial charge in [-0.15, -0.1) is 0 Å². The summed E-state index contributed by atoms with van der Waals surface area (Å²) in [7, 11) is 0. The van der Waals surface area contributed by atoms with Crippen LogP contribution in [0.4, 0.5) is 5.82 Å². The van der Waals surface area contributed by atoms with Gasteiger partial charge in [-0.1, -0.05) is 23.2 Å². The van der Waals surface area contributed by atoms with E-state index in [2.05, 4.69) is 15.3 Å². The van der Waals surface area contributed by atoms with Crippen molar-refractivity contribution in [1.82, 2.24) is 9.97 Å². The van der Waals surface area contributed by atoms with Crippen molar-refractivity contribution in [3.63, 3.8) is 0 Å². The van der Waals surface area contributed by atoms with E-state index >= 15 is 0 Å². The van der Waals surface area contributed by atoms with E-state index in [1.165, 1.54) is 30.6 Å². The number of nitrogens with zero attached hydrogens (tertiary/aromatic N) is 2. The minimum Gasteiger partial charge on any atom is -0.478 e. The lowest BCUT2D eigenvalue weighted by Gasteiger charge is -2.06. The molecule has 20 heavy (non-hydrogen) atoms. The number of hydrogen-bond acceptors (Lipinski definition) is 4. The topological polar surface area (TPSA) is 92.2 Å². The molecule has 8 heteroatoms. The van der Waals surface area contributed by atoms with Crippen molar-refractivity contribution in [2.45, 2.75) is 0 Å². The standard InChI is InChI=1S/C12H7Cl2N3O3/c13-8-5-16-9(14)4-7(8)11(18)17-10-3-6(12(19)20)1-2-15-10/h1-5H,(H,19,20)(H,15,17,18). The number of hydrogen-bond donors (Lipinski definition) is 2. The highest BCUT2D eigenvalue weighted by Crippen LogP contribution is 2.19. The quantitative estimate of drug-likeness (QED) is 0.850. The number of rotatable bonds is 3. The Morgan fingerprint density at radius 3 is 2.65 bits per heavy atom. The first kappa shape index (κ1) is 14.2. The van der Waals surface area contributed by atoms with Gasteiger partial charge in [0.05, 0.1) is 16.1 Å². The first-order valence-corrected chi connectivity index (χ1v) is 6.04. The van der Waals surface area contributed by atoms with E-state index in [0.717, 1.165) is 0 Å². The second kappa shape index (κ2) is 5.85. The van der Waals surface area contributed by atoms with E-state index in [4.69, 9.17) is 28.3 Å². The monoisotopic (exact) mass is 311 g/mol. The summed E-state index contributed by atoms with van der Waals surface area (Å²) in [6.07, 6.45) is 2.53. The zero-order valence-electron chi connectivity index (χ0n) is 9.80. The van der Waals surface area contributed by atoms with Crippen molar-refractivity contribution in [1.29, 1.82) is 0 Å². The molecule has 0 saturated carbocycles. The highest BCUT2D eigenvalue weighted by atomic mass is 35.5. The molecule has 1 amide bonds. The van der Waals surface area contributed by atoms with E-state index in [9.17, 15) is 9.59 Å². The first-order chi connectivity index (χ1) is 9.47. The average Bonchev–Trinajstić information content (AvgIpc) is 2.41. The molecule has 0 fully saturated rings. The van der Waals surface area contributed by atoms with E-state index in [0.29, 0.717) is 0 Å². The van der Waals surface area contributed by atoms with Crippen LogP contribution in [0.1, 0.15) is 20.7 Å². The third-order valence-corrected chi connectivity index (χ3v) is 2.82. The Labute approximate surface area is 123 Å². The highest BCUT2D eigenvalue weighted by Gasteiger charge is 2.13. The fraction of sp³-hybridized carbons (Fsp3) is 0. The third-order valence-electron chi connectivity index (χ3n) is 2.32. The van der Waals surface area contributed by atoms with Crippen LogP contribution < -0.4 is 5.32 Å². The fourth-order valence-corrected chi connectivity index (χ4v) is 1.75. The molecule has 0 aromatic carbocycles. The molecule has 0 aliphatic rings. The van der Waals surface area contributed by atoms with Gasteiger partial charge < -0.3 is 10.4 Å². The Morgan fingerprint density at radius 1 is 1.20 bits per heavy atom. The van der Waals surface area contributed by atoms with Crippen molar-refractivity contribution < 1.29 is 14.7 Å². The predicted octanol–water partition coefficient (Wildman–Crippen LogP) is 2.73. The molecule has 0 spiro atoms. The van der Waals surface area contributed by atoms with Gasteiger partial charge in [-0.25, -0.2) is 14.8 Å². The van der Waals surface area contributed by atoms with Gasteiger partial charge in [-0.3, -0.25) is 4.79 Å². The number of carbonyl (C=O) groups excluding carboxylic acids is 1. The Balaban J connectivity index is 2.25. The smallest absolute Gasteiger partial charge is 0.335 e. The third kappa shape index (κ3) is 3.23. The second-order valence-corrected chi connectivity index (χ2v) is 4.47. The first-order valence-electron chi connectivity index (χ1n) is 5.29. The normalized spacial score (nSPS) is 10.1. The fourth-order valence-electron chi connectivity index (χ4n) is 1.40. The molecule has 0 bridgehead atoms. The Morgan fingerprint density at radius 2 is 1.95 bits per heavy atom. The molecule has 0 aliphatic carbocycles. The van der Waals surface area contributed by atoms with Crippen molar-refractivity contribution in [3.8, 4) is 0 Å². The van der Waals surface area contributed by atoms with Gasteiger partial charge in [0, 0.05) is 12.4 Å². The summed E-state index contributed by atoms with van der Waals surface area (Å²) in [4.78, 5) is 30.4. The molecular weight excluding hydrogens is 305 g/mol. The summed E-state index contributed by atoms with van der Waals surface area (Å²) in [6, 6.07) is 3.85. The summed E-state index contributed by atoms with van der Waals surface area (Å²) in [6.45, 7) is 0. The van der Waals surface area contributed by atoms with Crippen LogP contribution >= 0.6 is 23.2 Å². The highest BCUT2D eigenvalue weighted by molar-refractivity contribution is 6.35. The molecule has 0 saturated heterocycles. The number of halogens is 2. The van der Waals surface area contributed by atoms with Crippen LogP contribution in [-0.4, -0.2) is 27.0 Å². The lowest BCUT2D eigenvalue weighted by molar-refractivity contribution is 0.0696. The minimum absolute atomic E-state index is 0.00848. The van der Waals surface area contributed by atoms with Crippen molar-refractivity contribution in [2.24, 2.45) is 0 Å². The predicted molar refractivity (Wildman–Crippen MR) is 73.4 cm³/mol. The number of anilines is 1. The lowest BCUT2D eigenvalue weighted by Crippen LogP contribution is -2.14. The van der Waals surface area contributed by atoms with Gasteiger partial charge in [0.15, 0.2) is 0 Å². The zero-order chi connectivity index (χ0) is 14.7. The summed E-state index contributed by atoms with van der Waals surface area (Å²) >= 11 is 11.5. The number of amides is 1. The van der Waals surface area contributed by atoms with Crippen LogP contribution in [0.2, 0.25) is 10.2 Å². The molecule has 0 atom stereocenters. The molecule has 2 aromatic heterocycles. The summed E-state index contributed by atoms with van der Waals surface area (Å²) < 4.78 is 0. The molecule has 2 rings (SSSR count). The van der Waals surface area contributed by atoms with E-state index in [-0.39, 0.29) is 27.1 Å². The van der Waals surface area contributed by atoms with Crippen LogP contribution in [0.25, 0.3) is 0 Å². The number of carboxylic acids is 1. The number of carbonyl (C=O) groups is 2. The Kier molecular flexibility index (Phi) is 4.16. The van der Waals surface area contributed by atoms with Crippen molar-refractivity contribution in [2.75, 3.05) is 5.32 Å². The molecule has 2 N–H and O–H groups in total. The number of pyridine rings is 2. The van der Waals surface area contributed by atoms with Gasteiger partial charge in [0.25, 0.3) is 5.91 Å². The SMILES string of the molecule is O=C(O)c1ccnc(NC(=O)c2cc(Cl)ncc2Cl)c1. The summed E-state index contributed by atoms with van der Waals surface area (Å²) in [5, 5.41) is 11.5. The van der Waals surface area contributed by atoms with Gasteiger partial charge in [0.2, 0.25) is 0 Å². The van der Waals surface area contributed by atoms with E-state index in [1.54, 1.807) is 0 Å². The molecule has 2 aromatic rings. The second-order valence-electron chi connectivity index (χ2n) is 3.68. The van der Waals surface area contributed by atoms with E-state index in [1.807, 2.05) is 0 Å². The largest absolute Gasteiger partial charge is 0.478 e. The van der Waals surface area contributed by atoms with Crippen molar-refractivity contribution >= 4 is 40.9 Å². The van der Waals surface area contributed by atoms with Gasteiger partial charge in [-0.05, 0) is 18.2 Å². The number of nitrogens with one attached hydrogen (secondary N) is 1. The number of aromatic nitrogens is 2. The Bertz CT molecular complexity index is 691. The summed E-state index contributed by atoms with van der Waals surface area (Å²) in [5.74, 6) is -1.58. The summed E-state index contributed by atoms with van der Waals surface area (Å²) in [5.41, 5.74) is 0.128. The molecule has 0 unspecified atom stereocenters. The van der Waals surface area contributed by atoms with Gasteiger partial charge >= 0.3 is 5.97 Å². The van der Waals surface area contributed by atoms with Gasteiger partial charge in [0.1, 0.15) is 11.0 Å². The molecule has 0 aliphatic heterocycles. The maximum absolute atomic E-state index is 12.0. The Hall–Kier alpha value is -2.18. The number of aromatic carboxylic acids is 1. The molecule has 6 nitrogen and oxygen atoms in total. The number of carboxylic acid groups (broad SMARTS) is 1. The van der Waals surface area contributed by atoms with E-state index < -0.39 is 11.9 Å². The maximum atomic E-state index is 12.0. The molecule has 0 radical (unpaired) electrons. The lowest BCUT2D eigenvalue weighted by atomic mass is 10.2. The maximum Gasteiger partial charge on any atom is 0.335 e. The minimum atomic E-state index is -1.12. The molecule has 102 valence electrons. The molecular formula is C12H7Cl2N3O3. The average molecular weight is 312 g/mol. The van der Waals surface area contributed by atoms with Crippen molar-refractivity contribution in [3.05, 3.63) is 51.9 Å².